The maximum atomic E-state index is 12.5. The first-order valence-electron chi connectivity index (χ1n) is 9.35. The van der Waals surface area contributed by atoms with E-state index in [2.05, 4.69) is 29.5 Å². The predicted octanol–water partition coefficient (Wildman–Crippen LogP) is 3.18. The SMILES string of the molecule is CC1CCCC(NC(=O)c2ccc(NC(=O)c3ccc(=O)[nH]c3)cc2)C1C. The molecule has 2 aromatic rings. The molecule has 0 aliphatic heterocycles. The Bertz CT molecular complexity index is 852. The number of nitrogens with one attached hydrogen (secondary N) is 3. The maximum absolute atomic E-state index is 12.5. The van der Waals surface area contributed by atoms with E-state index in [0.717, 1.165) is 12.8 Å². The van der Waals surface area contributed by atoms with E-state index in [1.165, 1.54) is 24.8 Å². The summed E-state index contributed by atoms with van der Waals surface area (Å²) in [6.07, 6.45) is 4.75. The van der Waals surface area contributed by atoms with Crippen LogP contribution in [0.2, 0.25) is 0 Å². The van der Waals surface area contributed by atoms with Crippen LogP contribution in [0.1, 0.15) is 53.8 Å². The zero-order valence-electron chi connectivity index (χ0n) is 15.6. The number of carbonyl (C=O) groups excluding carboxylic acids is 2. The second-order valence-corrected chi connectivity index (χ2v) is 7.32. The lowest BCUT2D eigenvalue weighted by Gasteiger charge is -2.34. The van der Waals surface area contributed by atoms with Gasteiger partial charge in [-0.1, -0.05) is 26.7 Å². The van der Waals surface area contributed by atoms with Crippen LogP contribution in [-0.2, 0) is 0 Å². The molecule has 3 unspecified atom stereocenters. The molecule has 3 rings (SSSR count). The Morgan fingerprint density at radius 1 is 0.963 bits per heavy atom. The van der Waals surface area contributed by atoms with Crippen LogP contribution in [0, 0.1) is 11.8 Å². The summed E-state index contributed by atoms with van der Waals surface area (Å²) in [4.78, 5) is 38.2. The van der Waals surface area contributed by atoms with Gasteiger partial charge in [0.15, 0.2) is 0 Å². The van der Waals surface area contributed by atoms with Crippen molar-refractivity contribution in [3.8, 4) is 0 Å². The first-order valence-corrected chi connectivity index (χ1v) is 9.35. The fourth-order valence-electron chi connectivity index (χ4n) is 3.50. The minimum absolute atomic E-state index is 0.0838. The summed E-state index contributed by atoms with van der Waals surface area (Å²) >= 11 is 0. The molecule has 1 aliphatic carbocycles. The summed E-state index contributed by atoms with van der Waals surface area (Å²) in [5, 5.41) is 5.89. The Kier molecular flexibility index (Phi) is 5.74. The van der Waals surface area contributed by atoms with E-state index in [-0.39, 0.29) is 23.4 Å². The molecule has 6 heteroatoms. The van der Waals surface area contributed by atoms with Gasteiger partial charge in [0.05, 0.1) is 5.56 Å². The highest BCUT2D eigenvalue weighted by Crippen LogP contribution is 2.29. The molecule has 1 fully saturated rings. The van der Waals surface area contributed by atoms with Crippen LogP contribution in [0.5, 0.6) is 0 Å². The number of aromatic amines is 1. The molecule has 1 aromatic carbocycles. The fourth-order valence-corrected chi connectivity index (χ4v) is 3.50. The Balaban J connectivity index is 1.61. The molecule has 1 aliphatic rings. The molecule has 1 heterocycles. The summed E-state index contributed by atoms with van der Waals surface area (Å²) in [7, 11) is 0. The molecular weight excluding hydrogens is 342 g/mol. The smallest absolute Gasteiger partial charge is 0.257 e. The molecule has 0 bridgehead atoms. The second kappa shape index (κ2) is 8.20. The van der Waals surface area contributed by atoms with E-state index in [9.17, 15) is 14.4 Å². The van der Waals surface area contributed by atoms with Crippen molar-refractivity contribution in [1.29, 1.82) is 0 Å². The van der Waals surface area contributed by atoms with Gasteiger partial charge in [-0.05, 0) is 48.6 Å². The third kappa shape index (κ3) is 4.64. The third-order valence-electron chi connectivity index (χ3n) is 5.47. The van der Waals surface area contributed by atoms with Gasteiger partial charge in [0, 0.05) is 29.6 Å². The van der Waals surface area contributed by atoms with Gasteiger partial charge in [-0.25, -0.2) is 0 Å². The highest BCUT2D eigenvalue weighted by Gasteiger charge is 2.28. The minimum Gasteiger partial charge on any atom is -0.349 e. The number of amides is 2. The molecule has 27 heavy (non-hydrogen) atoms. The number of hydrogen-bond donors (Lipinski definition) is 3. The van der Waals surface area contributed by atoms with E-state index >= 15 is 0 Å². The lowest BCUT2D eigenvalue weighted by atomic mass is 9.78. The van der Waals surface area contributed by atoms with Gasteiger partial charge in [0.2, 0.25) is 5.56 Å². The Hall–Kier alpha value is -2.89. The molecule has 1 aromatic heterocycles. The summed E-state index contributed by atoms with van der Waals surface area (Å²) in [6.45, 7) is 4.44. The van der Waals surface area contributed by atoms with Crippen molar-refractivity contribution in [3.05, 3.63) is 64.1 Å². The van der Waals surface area contributed by atoms with Gasteiger partial charge in [0.1, 0.15) is 0 Å². The van der Waals surface area contributed by atoms with Gasteiger partial charge < -0.3 is 15.6 Å². The van der Waals surface area contributed by atoms with E-state index in [1.54, 1.807) is 24.3 Å². The fraction of sp³-hybridized carbons (Fsp3) is 0.381. The van der Waals surface area contributed by atoms with E-state index in [0.29, 0.717) is 28.7 Å². The summed E-state index contributed by atoms with van der Waals surface area (Å²) in [5.41, 5.74) is 1.25. The van der Waals surface area contributed by atoms with Crippen molar-refractivity contribution in [2.75, 3.05) is 5.32 Å². The number of aromatic nitrogens is 1. The average molecular weight is 367 g/mol. The van der Waals surface area contributed by atoms with Gasteiger partial charge in [-0.15, -0.1) is 0 Å². The lowest BCUT2D eigenvalue weighted by molar-refractivity contribution is 0.0890. The molecule has 142 valence electrons. The number of benzene rings is 1. The first-order chi connectivity index (χ1) is 12.9. The average Bonchev–Trinajstić information content (AvgIpc) is 2.66. The summed E-state index contributed by atoms with van der Waals surface area (Å²) < 4.78 is 0. The van der Waals surface area contributed by atoms with Crippen molar-refractivity contribution in [3.63, 3.8) is 0 Å². The molecular formula is C21H25N3O3. The van der Waals surface area contributed by atoms with Crippen LogP contribution in [0.4, 0.5) is 5.69 Å². The predicted molar refractivity (Wildman–Crippen MR) is 105 cm³/mol. The molecule has 3 N–H and O–H groups in total. The highest BCUT2D eigenvalue weighted by molar-refractivity contribution is 6.04. The van der Waals surface area contributed by atoms with Crippen molar-refractivity contribution >= 4 is 17.5 Å². The van der Waals surface area contributed by atoms with Crippen LogP contribution in [0.25, 0.3) is 0 Å². The molecule has 0 saturated heterocycles. The van der Waals surface area contributed by atoms with Crippen molar-refractivity contribution < 1.29 is 9.59 Å². The number of pyridine rings is 1. The minimum atomic E-state index is -0.325. The number of hydrogen-bond acceptors (Lipinski definition) is 3. The second-order valence-electron chi connectivity index (χ2n) is 7.32. The molecule has 1 saturated carbocycles. The number of anilines is 1. The molecule has 2 amide bonds. The van der Waals surface area contributed by atoms with Crippen LogP contribution in [0.15, 0.2) is 47.4 Å². The molecule has 0 spiro atoms. The maximum Gasteiger partial charge on any atom is 0.257 e. The quantitative estimate of drug-likeness (QED) is 0.775. The van der Waals surface area contributed by atoms with Gasteiger partial charge in [-0.2, -0.15) is 0 Å². The van der Waals surface area contributed by atoms with Crippen molar-refractivity contribution in [2.45, 2.75) is 39.2 Å². The highest BCUT2D eigenvalue weighted by atomic mass is 16.2. The zero-order chi connectivity index (χ0) is 19.4. The van der Waals surface area contributed by atoms with Gasteiger partial charge in [-0.3, -0.25) is 14.4 Å². The topological polar surface area (TPSA) is 91.1 Å². The zero-order valence-corrected chi connectivity index (χ0v) is 15.6. The Morgan fingerprint density at radius 3 is 2.33 bits per heavy atom. The van der Waals surface area contributed by atoms with Crippen LogP contribution < -0.4 is 16.2 Å². The number of rotatable bonds is 4. The van der Waals surface area contributed by atoms with Crippen molar-refractivity contribution in [2.24, 2.45) is 11.8 Å². The molecule has 3 atom stereocenters. The number of carbonyl (C=O) groups is 2. The van der Waals surface area contributed by atoms with E-state index < -0.39 is 0 Å². The Labute approximate surface area is 158 Å². The summed E-state index contributed by atoms with van der Waals surface area (Å²) in [6, 6.07) is 9.78. The van der Waals surface area contributed by atoms with Gasteiger partial charge in [0.25, 0.3) is 11.8 Å². The Morgan fingerprint density at radius 2 is 1.67 bits per heavy atom. The monoisotopic (exact) mass is 367 g/mol. The van der Waals surface area contributed by atoms with Crippen LogP contribution >= 0.6 is 0 Å². The molecule has 6 nitrogen and oxygen atoms in total. The third-order valence-corrected chi connectivity index (χ3v) is 5.47. The molecule has 0 radical (unpaired) electrons. The van der Waals surface area contributed by atoms with Crippen molar-refractivity contribution in [1.82, 2.24) is 10.3 Å². The lowest BCUT2D eigenvalue weighted by Crippen LogP contribution is -2.43. The summed E-state index contributed by atoms with van der Waals surface area (Å²) in [5.74, 6) is 0.682. The van der Waals surface area contributed by atoms with E-state index in [4.69, 9.17) is 0 Å². The van der Waals surface area contributed by atoms with E-state index in [1.807, 2.05) is 0 Å². The van der Waals surface area contributed by atoms with Gasteiger partial charge >= 0.3 is 0 Å². The number of H-pyrrole nitrogens is 1. The first kappa shape index (κ1) is 18.9. The standard InChI is InChI=1S/C21H25N3O3/c1-13-4-3-5-18(14(13)2)24-20(26)15-6-9-17(10-7-15)23-21(27)16-8-11-19(25)22-12-16/h6-14,18H,3-5H2,1-2H3,(H,22,25)(H,23,27)(H,24,26). The van der Waals surface area contributed by atoms with Crippen LogP contribution in [-0.4, -0.2) is 22.8 Å². The van der Waals surface area contributed by atoms with Crippen LogP contribution in [0.3, 0.4) is 0 Å². The normalized spacial score (nSPS) is 22.1. The largest absolute Gasteiger partial charge is 0.349 e.